The Kier molecular flexibility index (Phi) is 16.8. The summed E-state index contributed by atoms with van der Waals surface area (Å²) in [6, 6.07) is -0.0850. The molecule has 2 aromatic rings. The van der Waals surface area contributed by atoms with E-state index in [-0.39, 0.29) is 71.6 Å². The Balaban J connectivity index is 1.10. The minimum Gasteiger partial charge on any atom is -0.508 e. The third kappa shape index (κ3) is 11.6. The van der Waals surface area contributed by atoms with Crippen LogP contribution in [0.1, 0.15) is 150 Å². The Morgan fingerprint density at radius 1 is 0.647 bits per heavy atom. The Morgan fingerprint density at radius 3 is 1.35 bits per heavy atom. The van der Waals surface area contributed by atoms with Gasteiger partial charge in [-0.1, -0.05) is 68.2 Å². The van der Waals surface area contributed by atoms with Gasteiger partial charge in [0.25, 0.3) is 11.8 Å². The van der Waals surface area contributed by atoms with E-state index in [2.05, 4.69) is 65.8 Å². The summed E-state index contributed by atoms with van der Waals surface area (Å²) in [5, 5.41) is 65.4. The van der Waals surface area contributed by atoms with Crippen LogP contribution in [0.5, 0.6) is 23.0 Å². The van der Waals surface area contributed by atoms with Crippen LogP contribution in [-0.2, 0) is 35.5 Å². The number of hydrogen-bond acceptors (Lipinski definition) is 12. The molecule has 2 amide bonds. The molecule has 0 spiro atoms. The number of phenolic OH excluding ortho intramolecular Hbond substituents is 2. The number of fused-ring (bicyclic) bond motifs is 6. The summed E-state index contributed by atoms with van der Waals surface area (Å²) in [6.45, 7) is 15.8. The van der Waals surface area contributed by atoms with E-state index in [1.54, 1.807) is 13.8 Å². The topological polar surface area (TPSA) is 215 Å². The fourth-order valence-electron chi connectivity index (χ4n) is 9.36. The lowest BCUT2D eigenvalue weighted by molar-refractivity contribution is -0.142. The van der Waals surface area contributed by atoms with E-state index in [1.807, 2.05) is 0 Å². The van der Waals surface area contributed by atoms with Crippen LogP contribution in [0.25, 0.3) is 0 Å². The van der Waals surface area contributed by atoms with Crippen molar-refractivity contribution in [3.8, 4) is 23.0 Å². The summed E-state index contributed by atoms with van der Waals surface area (Å²) in [5.41, 5.74) is 4.66. The Labute approximate surface area is 407 Å². The lowest BCUT2D eigenvalue weighted by atomic mass is 9.84. The van der Waals surface area contributed by atoms with Crippen LogP contribution in [-0.4, -0.2) is 111 Å². The normalized spacial score (nSPS) is 22.9. The number of benzene rings is 2. The predicted molar refractivity (Wildman–Crippen MR) is 265 cm³/mol. The van der Waals surface area contributed by atoms with E-state index < -0.39 is 59.2 Å². The Morgan fingerprint density at radius 2 is 1.01 bits per heavy atom. The zero-order valence-corrected chi connectivity index (χ0v) is 42.1. The number of nitrogens with zero attached hydrogens (tertiary/aromatic N) is 2. The molecule has 16 heteroatoms. The number of carbonyl (C=O) groups excluding carboxylic acids is 2. The van der Waals surface area contributed by atoms with E-state index in [0.29, 0.717) is 47.9 Å². The molecule has 0 aliphatic carbocycles. The van der Waals surface area contributed by atoms with Gasteiger partial charge in [-0.25, -0.2) is 9.59 Å². The van der Waals surface area contributed by atoms with Crippen LogP contribution in [0.15, 0.2) is 58.7 Å². The average molecular weight is 977 g/mol. The first kappa shape index (κ1) is 52.5. The monoisotopic (exact) mass is 976 g/mol. The number of hydrogen-bond donors (Lipinski definition) is 6. The first-order chi connectivity index (χ1) is 32.0. The summed E-state index contributed by atoms with van der Waals surface area (Å²) in [6.07, 6.45) is 12.8. The standard InChI is InChI=1S/C52H68N2O12S2/c1-29(2)13-9-15-31(5)17-11-19-51(7)43(57)23-35-41(55)21-33-37(45(35)65-51)25-53(47(33)59)39(49(61)62)27-67-68-28-40(50(63)64)54-26-38-34(48(54)60)22-42(56)36-24-44(58)52(8,66-46(36)38)20-12-18-32(6)16-10-14-30(3)4/h13-14,17-18,21-22,39-40,43-44,55-58H,9-12,15-16,19-20,23-28H2,1-8H3,(H,61,62)(H,63,64)/b31-17+,32-18+. The van der Waals surface area contributed by atoms with Crippen molar-refractivity contribution in [2.45, 2.75) is 168 Å². The summed E-state index contributed by atoms with van der Waals surface area (Å²) >= 11 is 0. The number of phenols is 2. The number of allylic oxidation sites excluding steroid dienone is 8. The van der Waals surface area contributed by atoms with E-state index in [9.17, 15) is 49.8 Å². The van der Waals surface area contributed by atoms with Crippen LogP contribution in [0, 0.1) is 0 Å². The second-order valence-electron chi connectivity index (χ2n) is 19.7. The summed E-state index contributed by atoms with van der Waals surface area (Å²) in [7, 11) is 2.11. The SMILES string of the molecule is CC(C)=CCC/C(C)=C/CCC1(C)Oc2c(c(O)cc3c2CN(C(CSSCC(C(=O)O)N2Cc4c(cc(O)c5c4OC(C)(CC/C=C(\C)CCC=C(C)C)C(O)C5)C2=O)C(=O)O)C3=O)CC1O. The van der Waals surface area contributed by atoms with Crippen LogP contribution in [0.2, 0.25) is 0 Å². The van der Waals surface area contributed by atoms with Gasteiger partial charge >= 0.3 is 11.9 Å². The van der Waals surface area contributed by atoms with Crippen molar-refractivity contribution >= 4 is 45.3 Å². The molecule has 370 valence electrons. The van der Waals surface area contributed by atoms with Crippen molar-refractivity contribution in [3.05, 3.63) is 92.1 Å². The summed E-state index contributed by atoms with van der Waals surface area (Å²) in [5.74, 6) is -3.94. The fraction of sp³-hybridized carbons (Fsp3) is 0.538. The van der Waals surface area contributed by atoms with Gasteiger partial charge in [0.15, 0.2) is 0 Å². The average Bonchev–Trinajstić information content (AvgIpc) is 3.75. The third-order valence-corrected chi connectivity index (χ3v) is 16.1. The van der Waals surface area contributed by atoms with E-state index >= 15 is 0 Å². The maximum Gasteiger partial charge on any atom is 0.327 e. The molecule has 0 aromatic heterocycles. The minimum absolute atomic E-state index is 0.0842. The number of aliphatic hydroxyl groups excluding tert-OH is 2. The zero-order chi connectivity index (χ0) is 49.8. The van der Waals surface area contributed by atoms with Gasteiger partial charge < -0.3 is 49.9 Å². The van der Waals surface area contributed by atoms with Crippen molar-refractivity contribution in [1.29, 1.82) is 0 Å². The van der Waals surface area contributed by atoms with Gasteiger partial charge in [-0.05, 0) is 119 Å². The molecule has 6 unspecified atom stereocenters. The first-order valence-corrected chi connectivity index (χ1v) is 25.9. The number of carboxylic acid groups (broad SMARTS) is 2. The van der Waals surface area contributed by atoms with Crippen LogP contribution in [0.3, 0.4) is 0 Å². The second kappa shape index (κ2) is 21.8. The quantitative estimate of drug-likeness (QED) is 0.0391. The first-order valence-electron chi connectivity index (χ1n) is 23.4. The molecule has 2 aromatic carbocycles. The highest BCUT2D eigenvalue weighted by Crippen LogP contribution is 2.49. The Hall–Kier alpha value is -4.90. The Bertz CT molecular complexity index is 2250. The predicted octanol–water partition coefficient (Wildman–Crippen LogP) is 9.05. The largest absolute Gasteiger partial charge is 0.508 e. The molecular formula is C52H68N2O12S2. The van der Waals surface area contributed by atoms with Crippen LogP contribution < -0.4 is 9.47 Å². The zero-order valence-electron chi connectivity index (χ0n) is 40.5. The van der Waals surface area contributed by atoms with E-state index in [4.69, 9.17) is 9.47 Å². The number of rotatable bonds is 21. The molecule has 0 bridgehead atoms. The van der Waals surface area contributed by atoms with Crippen LogP contribution >= 0.6 is 21.6 Å². The van der Waals surface area contributed by atoms with Gasteiger partial charge in [-0.3, -0.25) is 9.59 Å². The van der Waals surface area contributed by atoms with Crippen molar-refractivity contribution in [1.82, 2.24) is 9.80 Å². The lowest BCUT2D eigenvalue weighted by Crippen LogP contribution is -2.49. The van der Waals surface area contributed by atoms with Crippen molar-refractivity contribution < 1.29 is 59.3 Å². The minimum atomic E-state index is -1.34. The highest BCUT2D eigenvalue weighted by atomic mass is 33.1. The number of aliphatic hydroxyl groups is 2. The number of amides is 2. The fourth-order valence-corrected chi connectivity index (χ4v) is 11.8. The number of carbonyl (C=O) groups is 4. The molecule has 0 radical (unpaired) electrons. The molecule has 6 atom stereocenters. The maximum atomic E-state index is 13.9. The summed E-state index contributed by atoms with van der Waals surface area (Å²) in [4.78, 5) is 55.8. The van der Waals surface area contributed by atoms with Gasteiger partial charge in [-0.15, -0.1) is 0 Å². The molecule has 6 rings (SSSR count). The molecule has 14 nitrogen and oxygen atoms in total. The van der Waals surface area contributed by atoms with Gasteiger partial charge in [0.1, 0.15) is 46.3 Å². The smallest absolute Gasteiger partial charge is 0.327 e. The second-order valence-corrected chi connectivity index (χ2v) is 22.2. The maximum absolute atomic E-state index is 13.9. The van der Waals surface area contributed by atoms with Crippen molar-refractivity contribution in [2.24, 2.45) is 0 Å². The van der Waals surface area contributed by atoms with Gasteiger partial charge in [-0.2, -0.15) is 0 Å². The van der Waals surface area contributed by atoms with Gasteiger partial charge in [0.05, 0.1) is 36.4 Å². The number of aliphatic carboxylic acids is 2. The molecule has 0 fully saturated rings. The van der Waals surface area contributed by atoms with Crippen molar-refractivity contribution in [2.75, 3.05) is 11.5 Å². The van der Waals surface area contributed by atoms with Crippen molar-refractivity contribution in [3.63, 3.8) is 0 Å². The molecule has 4 aliphatic rings. The van der Waals surface area contributed by atoms with Gasteiger partial charge in [0, 0.05) is 46.6 Å². The third-order valence-electron chi connectivity index (χ3n) is 13.7. The highest BCUT2D eigenvalue weighted by molar-refractivity contribution is 8.76. The molecule has 4 aliphatic heterocycles. The number of ether oxygens (including phenoxy) is 2. The molecule has 6 N–H and O–H groups in total. The highest BCUT2D eigenvalue weighted by Gasteiger charge is 2.48. The molecule has 0 saturated carbocycles. The summed E-state index contributed by atoms with van der Waals surface area (Å²) < 4.78 is 13.0. The van der Waals surface area contributed by atoms with Crippen LogP contribution in [0.4, 0.5) is 0 Å². The van der Waals surface area contributed by atoms with E-state index in [0.717, 1.165) is 47.3 Å². The molecule has 68 heavy (non-hydrogen) atoms. The number of carboxylic acids is 2. The molecular weight excluding hydrogens is 909 g/mol. The molecule has 0 saturated heterocycles. The number of aromatic hydroxyl groups is 2. The molecule has 4 heterocycles. The van der Waals surface area contributed by atoms with E-state index in [1.165, 1.54) is 44.2 Å². The lowest BCUT2D eigenvalue weighted by Gasteiger charge is -2.41. The van der Waals surface area contributed by atoms with Gasteiger partial charge in [0.2, 0.25) is 0 Å².